The van der Waals surface area contributed by atoms with Gasteiger partial charge in [-0.25, -0.2) is 0 Å². The van der Waals surface area contributed by atoms with Crippen LogP contribution in [0.15, 0.2) is 34.1 Å². The highest BCUT2D eigenvalue weighted by atomic mass is 32.2. The molecule has 22 heavy (non-hydrogen) atoms. The van der Waals surface area contributed by atoms with Crippen molar-refractivity contribution in [3.63, 3.8) is 0 Å². The zero-order valence-electron chi connectivity index (χ0n) is 13.1. The molecule has 0 saturated carbocycles. The molecule has 0 aliphatic heterocycles. The Morgan fingerprint density at radius 1 is 1.27 bits per heavy atom. The summed E-state index contributed by atoms with van der Waals surface area (Å²) in [6, 6.07) is 8.50. The van der Waals surface area contributed by atoms with Crippen LogP contribution in [0.3, 0.4) is 0 Å². The van der Waals surface area contributed by atoms with Crippen LogP contribution >= 0.6 is 23.1 Å². The van der Waals surface area contributed by atoms with Crippen molar-refractivity contribution in [3.05, 3.63) is 40.9 Å². The van der Waals surface area contributed by atoms with Gasteiger partial charge in [0.15, 0.2) is 4.34 Å². The van der Waals surface area contributed by atoms with E-state index in [1.807, 2.05) is 6.92 Å². The predicted molar refractivity (Wildman–Crippen MR) is 92.2 cm³/mol. The van der Waals surface area contributed by atoms with Gasteiger partial charge in [0, 0.05) is 0 Å². The van der Waals surface area contributed by atoms with Gasteiger partial charge in [-0.05, 0) is 30.4 Å². The van der Waals surface area contributed by atoms with E-state index < -0.39 is 0 Å². The van der Waals surface area contributed by atoms with E-state index in [-0.39, 0.29) is 11.9 Å². The van der Waals surface area contributed by atoms with Crippen LogP contribution < -0.4 is 5.32 Å². The summed E-state index contributed by atoms with van der Waals surface area (Å²) in [5.74, 6) is 1.03. The summed E-state index contributed by atoms with van der Waals surface area (Å²) in [5, 5.41) is 10.7. The summed E-state index contributed by atoms with van der Waals surface area (Å²) in [7, 11) is 0. The van der Waals surface area contributed by atoms with Crippen molar-refractivity contribution in [3.8, 4) is 0 Å². The number of rotatable bonds is 7. The number of benzene rings is 1. The zero-order valence-corrected chi connectivity index (χ0v) is 14.7. The smallest absolute Gasteiger partial charge is 0.230 e. The normalized spacial score (nSPS) is 12.4. The summed E-state index contributed by atoms with van der Waals surface area (Å²) >= 11 is 2.86. The summed E-state index contributed by atoms with van der Waals surface area (Å²) in [5.41, 5.74) is 4.13. The molecule has 6 heteroatoms. The maximum atomic E-state index is 12.0. The van der Waals surface area contributed by atoms with Gasteiger partial charge >= 0.3 is 0 Å². The van der Waals surface area contributed by atoms with Gasteiger partial charge in [0.1, 0.15) is 5.51 Å². The molecular formula is C16H21N3OS2. The largest absolute Gasteiger partial charge is 0.349 e. The highest BCUT2D eigenvalue weighted by Crippen LogP contribution is 2.19. The lowest BCUT2D eigenvalue weighted by atomic mass is 10.00. The summed E-state index contributed by atoms with van der Waals surface area (Å²) < 4.78 is 0.820. The fourth-order valence-electron chi connectivity index (χ4n) is 2.13. The minimum absolute atomic E-state index is 0.00983. The lowest BCUT2D eigenvalue weighted by molar-refractivity contribution is -0.119. The van der Waals surface area contributed by atoms with Crippen molar-refractivity contribution in [2.45, 2.75) is 37.6 Å². The quantitative estimate of drug-likeness (QED) is 0.784. The Bertz CT molecular complexity index is 582. The summed E-state index contributed by atoms with van der Waals surface area (Å²) in [4.78, 5) is 12.0. The molecule has 0 saturated heterocycles. The van der Waals surface area contributed by atoms with E-state index in [2.05, 4.69) is 53.6 Å². The second-order valence-corrected chi connectivity index (χ2v) is 7.68. The molecule has 0 aliphatic carbocycles. The predicted octanol–water partition coefficient (Wildman–Crippen LogP) is 3.71. The van der Waals surface area contributed by atoms with Gasteiger partial charge in [0.05, 0.1) is 11.8 Å². The van der Waals surface area contributed by atoms with Crippen LogP contribution in [0.2, 0.25) is 0 Å². The Balaban J connectivity index is 1.83. The van der Waals surface area contributed by atoms with Gasteiger partial charge in [-0.15, -0.1) is 10.2 Å². The third-order valence-corrected chi connectivity index (χ3v) is 5.03. The second kappa shape index (κ2) is 8.29. The van der Waals surface area contributed by atoms with Gasteiger partial charge in [-0.3, -0.25) is 4.79 Å². The molecule has 1 N–H and O–H groups in total. The molecule has 0 bridgehead atoms. The molecule has 4 nitrogen and oxygen atoms in total. The summed E-state index contributed by atoms with van der Waals surface area (Å²) in [6.45, 7) is 6.43. The Labute approximate surface area is 139 Å². The highest BCUT2D eigenvalue weighted by Gasteiger charge is 2.11. The first-order chi connectivity index (χ1) is 10.5. The Kier molecular flexibility index (Phi) is 6.39. The monoisotopic (exact) mass is 335 g/mol. The van der Waals surface area contributed by atoms with E-state index in [1.54, 1.807) is 5.51 Å². The van der Waals surface area contributed by atoms with Crippen molar-refractivity contribution in [1.29, 1.82) is 0 Å². The van der Waals surface area contributed by atoms with Crippen LogP contribution in [-0.4, -0.2) is 21.9 Å². The van der Waals surface area contributed by atoms with Crippen LogP contribution in [0, 0.1) is 5.92 Å². The van der Waals surface area contributed by atoms with Gasteiger partial charge < -0.3 is 5.32 Å². The Hall–Kier alpha value is -1.40. The standard InChI is InChI=1S/C16H21N3OS2/c1-11(2)8-13-4-6-14(7-5-13)12(3)18-15(20)9-21-16-19-17-10-22-16/h4-7,10-12H,8-9H2,1-3H3,(H,18,20). The fourth-order valence-corrected chi connectivity index (χ4v) is 3.43. The molecule has 118 valence electrons. The van der Waals surface area contributed by atoms with Crippen LogP contribution in [0.25, 0.3) is 0 Å². The average molecular weight is 335 g/mol. The number of hydrogen-bond acceptors (Lipinski definition) is 5. The number of hydrogen-bond donors (Lipinski definition) is 1. The number of amides is 1. The molecule has 1 amide bonds. The van der Waals surface area contributed by atoms with E-state index in [4.69, 9.17) is 0 Å². The van der Waals surface area contributed by atoms with Crippen molar-refractivity contribution in [2.75, 3.05) is 5.75 Å². The molecule has 1 aromatic carbocycles. The molecule has 0 spiro atoms. The zero-order chi connectivity index (χ0) is 15.9. The minimum atomic E-state index is 0.00983. The molecule has 1 heterocycles. The first-order valence-corrected chi connectivity index (χ1v) is 9.18. The van der Waals surface area contributed by atoms with Crippen molar-refractivity contribution in [2.24, 2.45) is 5.92 Å². The van der Waals surface area contributed by atoms with E-state index >= 15 is 0 Å². The molecular weight excluding hydrogens is 314 g/mol. The summed E-state index contributed by atoms with van der Waals surface area (Å²) in [6.07, 6.45) is 1.08. The number of nitrogens with zero attached hydrogens (tertiary/aromatic N) is 2. The number of carbonyl (C=O) groups is 1. The number of carbonyl (C=O) groups excluding carboxylic acids is 1. The minimum Gasteiger partial charge on any atom is -0.349 e. The molecule has 1 atom stereocenters. The van der Waals surface area contributed by atoms with Crippen LogP contribution in [0.4, 0.5) is 0 Å². The van der Waals surface area contributed by atoms with E-state index in [1.165, 1.54) is 28.7 Å². The Morgan fingerprint density at radius 3 is 2.59 bits per heavy atom. The maximum Gasteiger partial charge on any atom is 0.230 e. The molecule has 2 aromatic rings. The lowest BCUT2D eigenvalue weighted by Crippen LogP contribution is -2.28. The van der Waals surface area contributed by atoms with E-state index in [0.29, 0.717) is 11.7 Å². The molecule has 0 fully saturated rings. The first kappa shape index (κ1) is 17.0. The third kappa shape index (κ3) is 5.42. The lowest BCUT2D eigenvalue weighted by Gasteiger charge is -2.15. The Morgan fingerprint density at radius 2 is 2.00 bits per heavy atom. The fraction of sp³-hybridized carbons (Fsp3) is 0.438. The van der Waals surface area contributed by atoms with Crippen LogP contribution in [0.1, 0.15) is 37.9 Å². The van der Waals surface area contributed by atoms with Crippen molar-refractivity contribution < 1.29 is 4.79 Å². The van der Waals surface area contributed by atoms with Gasteiger partial charge in [0.2, 0.25) is 5.91 Å². The van der Waals surface area contributed by atoms with Crippen molar-refractivity contribution >= 4 is 29.0 Å². The third-order valence-electron chi connectivity index (χ3n) is 3.17. The van der Waals surface area contributed by atoms with Crippen LogP contribution in [0.5, 0.6) is 0 Å². The van der Waals surface area contributed by atoms with Gasteiger partial charge in [-0.2, -0.15) is 0 Å². The van der Waals surface area contributed by atoms with Gasteiger partial charge in [-0.1, -0.05) is 61.2 Å². The van der Waals surface area contributed by atoms with Crippen molar-refractivity contribution in [1.82, 2.24) is 15.5 Å². The highest BCUT2D eigenvalue weighted by molar-refractivity contribution is 8.01. The number of aromatic nitrogens is 2. The molecule has 0 aliphatic rings. The van der Waals surface area contributed by atoms with E-state index in [9.17, 15) is 4.79 Å². The molecule has 2 rings (SSSR count). The molecule has 1 aromatic heterocycles. The van der Waals surface area contributed by atoms with Gasteiger partial charge in [0.25, 0.3) is 0 Å². The number of nitrogens with one attached hydrogen (secondary N) is 1. The average Bonchev–Trinajstić information content (AvgIpc) is 2.98. The first-order valence-electron chi connectivity index (χ1n) is 7.31. The molecule has 1 unspecified atom stereocenters. The topological polar surface area (TPSA) is 54.9 Å². The number of thioether (sulfide) groups is 1. The molecule has 0 radical (unpaired) electrons. The van der Waals surface area contributed by atoms with E-state index in [0.717, 1.165) is 16.3 Å². The SMILES string of the molecule is CC(C)Cc1ccc(C(C)NC(=O)CSc2nncs2)cc1. The van der Waals surface area contributed by atoms with Crippen LogP contribution in [-0.2, 0) is 11.2 Å². The second-order valence-electron chi connectivity index (χ2n) is 5.62. The maximum absolute atomic E-state index is 12.0.